The summed E-state index contributed by atoms with van der Waals surface area (Å²) in [6, 6.07) is 39.9. The minimum absolute atomic E-state index is 0.0681. The summed E-state index contributed by atoms with van der Waals surface area (Å²) in [6.07, 6.45) is 0. The quantitative estimate of drug-likeness (QED) is 0.106. The molecule has 7 aromatic rings. The fourth-order valence-corrected chi connectivity index (χ4v) is 5.95. The Kier molecular flexibility index (Phi) is 5.36. The Hall–Kier alpha value is -5.48. The maximum absolute atomic E-state index is 10.9. The number of hydrogen-bond acceptors (Lipinski definition) is 4. The predicted molar refractivity (Wildman–Crippen MR) is 162 cm³/mol. The van der Waals surface area contributed by atoms with Crippen LogP contribution in [0.2, 0.25) is 0 Å². The molecule has 0 aliphatic heterocycles. The molecule has 0 bridgehead atoms. The lowest BCUT2D eigenvalue weighted by atomic mass is 9.83. The SMILES string of the molecule is Oc1cc(O)c(-c2c3ccccc3c(-c3ccc(-c4ccccc4)c4ccccc34)c3ccccc23)c(O)c1O. The number of aromatic hydroxyl groups is 4. The molecule has 0 unspecified atom stereocenters. The van der Waals surface area contributed by atoms with Gasteiger partial charge in [-0.05, 0) is 54.6 Å². The van der Waals surface area contributed by atoms with Crippen molar-refractivity contribution < 1.29 is 20.4 Å². The molecule has 4 heteroatoms. The topological polar surface area (TPSA) is 80.9 Å². The van der Waals surface area contributed by atoms with E-state index in [0.29, 0.717) is 5.56 Å². The molecule has 0 aliphatic rings. The van der Waals surface area contributed by atoms with Crippen LogP contribution in [0.1, 0.15) is 0 Å². The third kappa shape index (κ3) is 3.47. The smallest absolute Gasteiger partial charge is 0.201 e. The van der Waals surface area contributed by atoms with Gasteiger partial charge in [-0.15, -0.1) is 0 Å². The monoisotopic (exact) mass is 520 g/mol. The standard InChI is InChI=1S/C36H24O4/c37-30-20-31(38)35(39)36(40)34(30)33-27-16-8-6-14-25(27)32(26-15-7-9-17-28(26)33)29-19-18-22(21-10-2-1-3-11-21)23-12-4-5-13-24(23)29/h1-20,37-40H. The molecule has 0 aromatic heterocycles. The number of benzene rings is 7. The van der Waals surface area contributed by atoms with E-state index in [9.17, 15) is 20.4 Å². The molecule has 0 aliphatic carbocycles. The fraction of sp³-hybridized carbons (Fsp3) is 0. The Morgan fingerprint density at radius 2 is 0.775 bits per heavy atom. The summed E-state index contributed by atoms with van der Waals surface area (Å²) < 4.78 is 0. The van der Waals surface area contributed by atoms with Gasteiger partial charge < -0.3 is 20.4 Å². The van der Waals surface area contributed by atoms with Crippen molar-refractivity contribution in [1.29, 1.82) is 0 Å². The Balaban J connectivity index is 1.63. The largest absolute Gasteiger partial charge is 0.507 e. The molecule has 0 saturated carbocycles. The number of phenolic OH excluding ortho intramolecular Hbond substituents is 4. The van der Waals surface area contributed by atoms with Crippen molar-refractivity contribution >= 4 is 32.3 Å². The van der Waals surface area contributed by atoms with Crippen molar-refractivity contribution in [3.8, 4) is 56.4 Å². The van der Waals surface area contributed by atoms with Gasteiger partial charge in [0.2, 0.25) is 5.75 Å². The minimum atomic E-state index is -0.674. The molecule has 7 rings (SSSR count). The Morgan fingerprint density at radius 1 is 0.325 bits per heavy atom. The summed E-state index contributed by atoms with van der Waals surface area (Å²) in [5, 5.41) is 47.9. The molecule has 0 radical (unpaired) electrons. The molecule has 192 valence electrons. The van der Waals surface area contributed by atoms with Crippen LogP contribution in [-0.4, -0.2) is 20.4 Å². The maximum Gasteiger partial charge on any atom is 0.201 e. The second kappa shape index (κ2) is 9.07. The van der Waals surface area contributed by atoms with Crippen LogP contribution in [0.25, 0.3) is 65.7 Å². The van der Waals surface area contributed by atoms with Crippen LogP contribution < -0.4 is 0 Å². The average Bonchev–Trinajstić information content (AvgIpc) is 3.00. The van der Waals surface area contributed by atoms with Gasteiger partial charge in [0.15, 0.2) is 11.5 Å². The highest BCUT2D eigenvalue weighted by atomic mass is 16.3. The third-order valence-corrected chi connectivity index (χ3v) is 7.69. The normalized spacial score (nSPS) is 11.4. The number of phenols is 4. The van der Waals surface area contributed by atoms with Crippen molar-refractivity contribution in [3.05, 3.63) is 121 Å². The summed E-state index contributed by atoms with van der Waals surface area (Å²) in [6.45, 7) is 0. The van der Waals surface area contributed by atoms with Crippen molar-refractivity contribution in [2.75, 3.05) is 0 Å². The van der Waals surface area contributed by atoms with Gasteiger partial charge in [0.05, 0.1) is 5.56 Å². The van der Waals surface area contributed by atoms with Crippen LogP contribution >= 0.6 is 0 Å². The number of hydrogen-bond donors (Lipinski definition) is 4. The van der Waals surface area contributed by atoms with Crippen LogP contribution in [0.4, 0.5) is 0 Å². The van der Waals surface area contributed by atoms with E-state index in [4.69, 9.17) is 0 Å². The molecular weight excluding hydrogens is 496 g/mol. The van der Waals surface area contributed by atoms with Crippen LogP contribution in [-0.2, 0) is 0 Å². The molecule has 0 atom stereocenters. The molecule has 0 saturated heterocycles. The lowest BCUT2D eigenvalue weighted by molar-refractivity contribution is 0.362. The van der Waals surface area contributed by atoms with Gasteiger partial charge in [-0.3, -0.25) is 0 Å². The zero-order chi connectivity index (χ0) is 27.4. The summed E-state index contributed by atoms with van der Waals surface area (Å²) >= 11 is 0. The van der Waals surface area contributed by atoms with Crippen LogP contribution in [0, 0.1) is 0 Å². The van der Waals surface area contributed by atoms with Crippen LogP contribution in [0.3, 0.4) is 0 Å². The first-order valence-electron chi connectivity index (χ1n) is 13.0. The summed E-state index contributed by atoms with van der Waals surface area (Å²) in [5.41, 5.74) is 5.04. The average molecular weight is 521 g/mol. The first-order valence-corrected chi connectivity index (χ1v) is 13.0. The number of rotatable bonds is 3. The Bertz CT molecular complexity index is 2040. The second-order valence-electron chi connectivity index (χ2n) is 9.90. The van der Waals surface area contributed by atoms with E-state index < -0.39 is 17.2 Å². The highest BCUT2D eigenvalue weighted by Crippen LogP contribution is 2.53. The van der Waals surface area contributed by atoms with E-state index >= 15 is 0 Å². The Morgan fingerprint density at radius 3 is 1.35 bits per heavy atom. The van der Waals surface area contributed by atoms with Gasteiger partial charge in [-0.1, -0.05) is 115 Å². The molecule has 0 amide bonds. The molecule has 4 N–H and O–H groups in total. The Labute approximate surface area is 230 Å². The van der Waals surface area contributed by atoms with Gasteiger partial charge in [0.25, 0.3) is 0 Å². The van der Waals surface area contributed by atoms with Gasteiger partial charge in [0.1, 0.15) is 5.75 Å². The van der Waals surface area contributed by atoms with E-state index in [1.54, 1.807) is 0 Å². The molecule has 40 heavy (non-hydrogen) atoms. The van der Waals surface area contributed by atoms with Crippen molar-refractivity contribution in [2.45, 2.75) is 0 Å². The lowest BCUT2D eigenvalue weighted by Gasteiger charge is -2.20. The highest BCUT2D eigenvalue weighted by molar-refractivity contribution is 6.25. The van der Waals surface area contributed by atoms with Crippen molar-refractivity contribution in [3.63, 3.8) is 0 Å². The molecule has 0 fully saturated rings. The van der Waals surface area contributed by atoms with E-state index in [0.717, 1.165) is 60.6 Å². The van der Waals surface area contributed by atoms with Gasteiger partial charge >= 0.3 is 0 Å². The number of fused-ring (bicyclic) bond motifs is 3. The first kappa shape index (κ1) is 23.6. The van der Waals surface area contributed by atoms with E-state index in [1.807, 2.05) is 66.7 Å². The van der Waals surface area contributed by atoms with E-state index in [-0.39, 0.29) is 11.3 Å². The molecule has 4 nitrogen and oxygen atoms in total. The van der Waals surface area contributed by atoms with Crippen molar-refractivity contribution in [1.82, 2.24) is 0 Å². The van der Waals surface area contributed by atoms with Gasteiger partial charge in [-0.2, -0.15) is 0 Å². The highest BCUT2D eigenvalue weighted by Gasteiger charge is 2.24. The zero-order valence-electron chi connectivity index (χ0n) is 21.3. The second-order valence-corrected chi connectivity index (χ2v) is 9.90. The fourth-order valence-electron chi connectivity index (χ4n) is 5.95. The molecule has 0 spiro atoms. The molecule has 7 aromatic carbocycles. The first-order chi connectivity index (χ1) is 19.5. The van der Waals surface area contributed by atoms with E-state index in [1.165, 1.54) is 0 Å². The van der Waals surface area contributed by atoms with Crippen LogP contribution in [0.5, 0.6) is 23.0 Å². The maximum atomic E-state index is 10.9. The van der Waals surface area contributed by atoms with Crippen molar-refractivity contribution in [2.24, 2.45) is 0 Å². The molecule has 0 heterocycles. The molecular formula is C36H24O4. The minimum Gasteiger partial charge on any atom is -0.507 e. The summed E-state index contributed by atoms with van der Waals surface area (Å²) in [4.78, 5) is 0. The zero-order valence-corrected chi connectivity index (χ0v) is 21.3. The predicted octanol–water partition coefficient (Wildman–Crippen LogP) is 8.97. The van der Waals surface area contributed by atoms with Gasteiger partial charge in [-0.25, -0.2) is 0 Å². The van der Waals surface area contributed by atoms with Crippen LogP contribution in [0.15, 0.2) is 121 Å². The lowest BCUT2D eigenvalue weighted by Crippen LogP contribution is -1.93. The summed E-state index contributed by atoms with van der Waals surface area (Å²) in [5.74, 6) is -2.16. The summed E-state index contributed by atoms with van der Waals surface area (Å²) in [7, 11) is 0. The van der Waals surface area contributed by atoms with E-state index in [2.05, 4.69) is 48.5 Å². The van der Waals surface area contributed by atoms with Gasteiger partial charge in [0, 0.05) is 11.6 Å². The third-order valence-electron chi connectivity index (χ3n) is 7.69.